The molecule has 43 heavy (non-hydrogen) atoms. The van der Waals surface area contributed by atoms with Crippen LogP contribution in [0.5, 0.6) is 0 Å². The number of hydrogen-bond acceptors (Lipinski definition) is 6. The molecule has 0 aromatic heterocycles. The molecule has 6 nitrogen and oxygen atoms in total. The molecular weight excluding hydrogens is 578 g/mol. The number of unbranched alkanes of at least 4 members (excludes halogenated alkanes) is 16. The van der Waals surface area contributed by atoms with Gasteiger partial charge in [0.25, 0.3) is 0 Å². The van der Waals surface area contributed by atoms with Crippen molar-refractivity contribution in [3.8, 4) is 0 Å². The van der Waals surface area contributed by atoms with E-state index in [4.69, 9.17) is 18.1 Å². The van der Waals surface area contributed by atoms with Crippen LogP contribution >= 0.6 is 15.2 Å². The van der Waals surface area contributed by atoms with Crippen LogP contribution in [0.3, 0.4) is 0 Å². The maximum Gasteiger partial charge on any atom is 0.349 e. The minimum Gasteiger partial charge on any atom is -0.305 e. The van der Waals surface area contributed by atoms with Crippen LogP contribution in [0.2, 0.25) is 0 Å². The first-order valence-electron chi connectivity index (χ1n) is 18.2. The van der Waals surface area contributed by atoms with Gasteiger partial charge in [0.05, 0.1) is 24.4 Å². The van der Waals surface area contributed by atoms with Gasteiger partial charge in [0.1, 0.15) is 0 Å². The highest BCUT2D eigenvalue weighted by molar-refractivity contribution is 7.74. The standard InChI is InChI=1S/C35H74O6P2/c1-11-13-15-17-19-21-23-25-27-29-35(42(36,38-31(3)4)39-32(5)6,43(37,40-33(7)8)41-34(9)10)30-28-26-24-22-20-18-16-14-12-2/h31-34H,11-30H2,1-10H3. The lowest BCUT2D eigenvalue weighted by Crippen LogP contribution is -2.36. The summed E-state index contributed by atoms with van der Waals surface area (Å²) in [7, 11) is -7.94. The first-order chi connectivity index (χ1) is 20.3. The molecule has 0 saturated heterocycles. The number of hydrogen-bond donors (Lipinski definition) is 0. The molecule has 0 unspecified atom stereocenters. The Hall–Kier alpha value is 0.300. The Labute approximate surface area is 269 Å². The minimum atomic E-state index is -3.97. The zero-order valence-corrected chi connectivity index (χ0v) is 32.1. The van der Waals surface area contributed by atoms with E-state index in [1.165, 1.54) is 77.0 Å². The normalized spacial score (nSPS) is 13.3. The first-order valence-corrected chi connectivity index (χ1v) is 21.3. The third-order valence-corrected chi connectivity index (χ3v) is 15.0. The van der Waals surface area contributed by atoms with Gasteiger partial charge in [-0.1, -0.05) is 129 Å². The Morgan fingerprint density at radius 2 is 0.605 bits per heavy atom. The van der Waals surface area contributed by atoms with Crippen molar-refractivity contribution in [2.75, 3.05) is 0 Å². The van der Waals surface area contributed by atoms with Crippen molar-refractivity contribution in [2.24, 2.45) is 0 Å². The zero-order valence-electron chi connectivity index (χ0n) is 30.3. The van der Waals surface area contributed by atoms with Gasteiger partial charge < -0.3 is 18.1 Å². The largest absolute Gasteiger partial charge is 0.349 e. The molecule has 0 aliphatic carbocycles. The Balaban J connectivity index is 6.25. The van der Waals surface area contributed by atoms with Crippen LogP contribution in [0.15, 0.2) is 0 Å². The predicted molar refractivity (Wildman–Crippen MR) is 187 cm³/mol. The van der Waals surface area contributed by atoms with Crippen LogP contribution in [0.25, 0.3) is 0 Å². The quantitative estimate of drug-likeness (QED) is 0.0568. The highest BCUT2D eigenvalue weighted by Gasteiger charge is 2.65. The van der Waals surface area contributed by atoms with Crippen LogP contribution in [0.4, 0.5) is 0 Å². The molecule has 0 saturated carbocycles. The molecule has 0 fully saturated rings. The van der Waals surface area contributed by atoms with E-state index in [9.17, 15) is 0 Å². The SMILES string of the molecule is CCCCCCCCCCCC(CCCCCCCCCCC)(P(=O)(OC(C)C)OC(C)C)P(=O)(OC(C)C)OC(C)C. The monoisotopic (exact) mass is 652 g/mol. The van der Waals surface area contributed by atoms with Crippen molar-refractivity contribution in [1.29, 1.82) is 0 Å². The summed E-state index contributed by atoms with van der Waals surface area (Å²) in [5, 5.41) is 0. The summed E-state index contributed by atoms with van der Waals surface area (Å²) < 4.78 is 55.6. The second kappa shape index (κ2) is 24.5. The molecule has 8 heteroatoms. The lowest BCUT2D eigenvalue weighted by Gasteiger charge is -2.45. The van der Waals surface area contributed by atoms with Crippen LogP contribution in [0.1, 0.15) is 198 Å². The van der Waals surface area contributed by atoms with Gasteiger partial charge in [-0.2, -0.15) is 0 Å². The summed E-state index contributed by atoms with van der Waals surface area (Å²) in [6.07, 6.45) is 20.4. The van der Waals surface area contributed by atoms with E-state index in [-0.39, 0.29) is 24.4 Å². The van der Waals surface area contributed by atoms with Crippen molar-refractivity contribution in [2.45, 2.75) is 227 Å². The van der Waals surface area contributed by atoms with Gasteiger partial charge in [-0.25, -0.2) is 0 Å². The maximum atomic E-state index is 15.2. The fourth-order valence-corrected chi connectivity index (χ4v) is 12.4. The van der Waals surface area contributed by atoms with Gasteiger partial charge in [0.2, 0.25) is 0 Å². The fourth-order valence-electron chi connectivity index (χ4n) is 5.81. The van der Waals surface area contributed by atoms with E-state index >= 15 is 9.13 Å². The average Bonchev–Trinajstić information content (AvgIpc) is 2.87. The van der Waals surface area contributed by atoms with Crippen LogP contribution < -0.4 is 0 Å². The molecule has 0 heterocycles. The molecule has 0 aromatic carbocycles. The van der Waals surface area contributed by atoms with E-state index in [2.05, 4.69) is 13.8 Å². The van der Waals surface area contributed by atoms with Gasteiger partial charge in [-0.3, -0.25) is 9.13 Å². The third kappa shape index (κ3) is 17.7. The van der Waals surface area contributed by atoms with E-state index < -0.39 is 20.1 Å². The average molecular weight is 653 g/mol. The summed E-state index contributed by atoms with van der Waals surface area (Å²) in [4.78, 5) is -1.36. The summed E-state index contributed by atoms with van der Waals surface area (Å²) in [6, 6.07) is 0. The lowest BCUT2D eigenvalue weighted by molar-refractivity contribution is 0.104. The molecule has 0 bridgehead atoms. The number of rotatable bonds is 30. The summed E-state index contributed by atoms with van der Waals surface area (Å²) in [5.74, 6) is 0. The van der Waals surface area contributed by atoms with E-state index in [1.807, 2.05) is 55.4 Å². The second-order valence-electron chi connectivity index (χ2n) is 13.8. The van der Waals surface area contributed by atoms with Gasteiger partial charge in [-0.15, -0.1) is 0 Å². The lowest BCUT2D eigenvalue weighted by atomic mass is 10.0. The molecule has 0 rings (SSSR count). The van der Waals surface area contributed by atoms with Crippen LogP contribution in [0, 0.1) is 0 Å². The van der Waals surface area contributed by atoms with Crippen LogP contribution in [-0.4, -0.2) is 29.3 Å². The second-order valence-corrected chi connectivity index (χ2v) is 18.6. The summed E-state index contributed by atoms with van der Waals surface area (Å²) in [5.41, 5.74) is 0. The maximum absolute atomic E-state index is 15.2. The summed E-state index contributed by atoms with van der Waals surface area (Å²) in [6.45, 7) is 19.5. The molecule has 0 aromatic rings. The fraction of sp³-hybridized carbons (Fsp3) is 1.00. The Bertz CT molecular complexity index is 663. The Morgan fingerprint density at radius 1 is 0.395 bits per heavy atom. The highest BCUT2D eigenvalue weighted by Crippen LogP contribution is 2.82. The molecule has 0 N–H and O–H groups in total. The van der Waals surface area contributed by atoms with Crippen LogP contribution in [-0.2, 0) is 27.2 Å². The van der Waals surface area contributed by atoms with Crippen molar-refractivity contribution in [3.05, 3.63) is 0 Å². The molecule has 0 radical (unpaired) electrons. The van der Waals surface area contributed by atoms with Gasteiger partial charge >= 0.3 is 15.2 Å². The van der Waals surface area contributed by atoms with E-state index in [0.717, 1.165) is 38.5 Å². The zero-order chi connectivity index (χ0) is 32.8. The smallest absolute Gasteiger partial charge is 0.305 e. The van der Waals surface area contributed by atoms with Crippen molar-refractivity contribution < 1.29 is 27.2 Å². The molecule has 260 valence electrons. The van der Waals surface area contributed by atoms with Crippen molar-refractivity contribution >= 4 is 15.2 Å². The highest BCUT2D eigenvalue weighted by atomic mass is 31.2. The van der Waals surface area contributed by atoms with Crippen molar-refractivity contribution in [1.82, 2.24) is 0 Å². The summed E-state index contributed by atoms with van der Waals surface area (Å²) >= 11 is 0. The molecule has 0 spiro atoms. The molecule has 0 atom stereocenters. The topological polar surface area (TPSA) is 71.1 Å². The molecule has 0 amide bonds. The third-order valence-electron chi connectivity index (χ3n) is 7.78. The van der Waals surface area contributed by atoms with Gasteiger partial charge in [-0.05, 0) is 68.2 Å². The van der Waals surface area contributed by atoms with E-state index in [1.54, 1.807) is 0 Å². The van der Waals surface area contributed by atoms with Crippen molar-refractivity contribution in [3.63, 3.8) is 0 Å². The Morgan fingerprint density at radius 3 is 0.814 bits per heavy atom. The Kier molecular flexibility index (Phi) is 24.6. The minimum absolute atomic E-state index is 0.359. The molecule has 0 aliphatic heterocycles. The molecular formula is C35H74O6P2. The first kappa shape index (κ1) is 43.3. The van der Waals surface area contributed by atoms with Gasteiger partial charge in [0.15, 0.2) is 4.90 Å². The van der Waals surface area contributed by atoms with Gasteiger partial charge in [0, 0.05) is 0 Å². The van der Waals surface area contributed by atoms with E-state index in [0.29, 0.717) is 12.8 Å². The molecule has 0 aliphatic rings. The predicted octanol–water partition coefficient (Wildman–Crippen LogP) is 13.6.